The summed E-state index contributed by atoms with van der Waals surface area (Å²) in [6.45, 7) is 1.96. The average molecular weight is 180 g/mol. The van der Waals surface area contributed by atoms with Crippen molar-refractivity contribution in [2.24, 2.45) is 0 Å². The van der Waals surface area contributed by atoms with Gasteiger partial charge in [-0.25, -0.2) is 4.79 Å². The highest BCUT2D eigenvalue weighted by molar-refractivity contribution is 5.79. The molecule has 1 atom stereocenters. The number of aliphatic carboxylic acids is 1. The second kappa shape index (κ2) is 4.50. The third-order valence-electron chi connectivity index (χ3n) is 1.80. The van der Waals surface area contributed by atoms with Crippen molar-refractivity contribution in [1.29, 1.82) is 0 Å². The molecule has 0 saturated heterocycles. The maximum absolute atomic E-state index is 10.2. The molecule has 1 aliphatic rings. The van der Waals surface area contributed by atoms with Crippen LogP contribution in [0.15, 0.2) is 36.1 Å². The molecule has 1 aliphatic heterocycles. The molecular formula is C10H12O3. The first-order valence-electron chi connectivity index (χ1n) is 4.08. The summed E-state index contributed by atoms with van der Waals surface area (Å²) in [5, 5.41) is 8.35. The third-order valence-corrected chi connectivity index (χ3v) is 1.80. The van der Waals surface area contributed by atoms with Crippen LogP contribution in [0.3, 0.4) is 0 Å². The van der Waals surface area contributed by atoms with E-state index in [9.17, 15) is 4.79 Å². The molecule has 1 heterocycles. The lowest BCUT2D eigenvalue weighted by Gasteiger charge is -2.17. The fraction of sp³-hybridized carbons (Fsp3) is 0.300. The molecule has 0 fully saturated rings. The topological polar surface area (TPSA) is 46.5 Å². The Morgan fingerprint density at radius 3 is 3.15 bits per heavy atom. The standard InChI is InChI=1S/C10H12O3/c1-8-4-3-7-13-9(8)5-2-6-10(11)12/h2-4,6-7,9H,5H2,1H3,(H,11,12)/b6-2+. The van der Waals surface area contributed by atoms with Gasteiger partial charge in [-0.05, 0) is 18.6 Å². The molecule has 1 rings (SSSR count). The Kier molecular flexibility index (Phi) is 3.31. The van der Waals surface area contributed by atoms with Crippen LogP contribution in [0.25, 0.3) is 0 Å². The van der Waals surface area contributed by atoms with Crippen molar-refractivity contribution in [3.8, 4) is 0 Å². The molecule has 0 spiro atoms. The fourth-order valence-corrected chi connectivity index (χ4v) is 1.08. The number of rotatable bonds is 3. The highest BCUT2D eigenvalue weighted by atomic mass is 16.5. The van der Waals surface area contributed by atoms with E-state index >= 15 is 0 Å². The number of hydrogen-bond acceptors (Lipinski definition) is 2. The van der Waals surface area contributed by atoms with Gasteiger partial charge in [0.2, 0.25) is 0 Å². The summed E-state index contributed by atoms with van der Waals surface area (Å²) >= 11 is 0. The number of hydrogen-bond donors (Lipinski definition) is 1. The molecule has 0 aliphatic carbocycles. The summed E-state index contributed by atoms with van der Waals surface area (Å²) < 4.78 is 5.28. The predicted molar refractivity (Wildman–Crippen MR) is 49.2 cm³/mol. The maximum atomic E-state index is 10.2. The number of ether oxygens (including phenoxy) is 1. The van der Waals surface area contributed by atoms with E-state index in [0.29, 0.717) is 6.42 Å². The lowest BCUT2D eigenvalue weighted by molar-refractivity contribution is -0.131. The van der Waals surface area contributed by atoms with Crippen LogP contribution in [0, 0.1) is 0 Å². The van der Waals surface area contributed by atoms with Gasteiger partial charge in [0, 0.05) is 12.5 Å². The Bertz CT molecular complexity index is 274. The summed E-state index contributed by atoms with van der Waals surface area (Å²) in [6.07, 6.45) is 8.72. The lowest BCUT2D eigenvalue weighted by Crippen LogP contribution is -2.12. The molecule has 13 heavy (non-hydrogen) atoms. The Hall–Kier alpha value is -1.51. The lowest BCUT2D eigenvalue weighted by atomic mass is 10.1. The van der Waals surface area contributed by atoms with Crippen molar-refractivity contribution in [2.75, 3.05) is 0 Å². The fourth-order valence-electron chi connectivity index (χ4n) is 1.08. The second-order valence-corrected chi connectivity index (χ2v) is 2.84. The van der Waals surface area contributed by atoms with Gasteiger partial charge < -0.3 is 9.84 Å². The van der Waals surface area contributed by atoms with Crippen LogP contribution < -0.4 is 0 Å². The van der Waals surface area contributed by atoms with Gasteiger partial charge in [0.15, 0.2) is 0 Å². The zero-order valence-electron chi connectivity index (χ0n) is 7.43. The molecule has 0 amide bonds. The molecule has 0 aromatic heterocycles. The normalized spacial score (nSPS) is 21.3. The number of carboxylic acids is 1. The smallest absolute Gasteiger partial charge is 0.327 e. The molecular weight excluding hydrogens is 168 g/mol. The van der Waals surface area contributed by atoms with Gasteiger partial charge in [-0.15, -0.1) is 0 Å². The number of carboxylic acid groups (broad SMARTS) is 1. The first-order valence-corrected chi connectivity index (χ1v) is 4.08. The SMILES string of the molecule is CC1=CC=COC1C/C=C/C(=O)O. The molecule has 70 valence electrons. The zero-order valence-corrected chi connectivity index (χ0v) is 7.43. The molecule has 0 saturated carbocycles. The molecule has 3 heteroatoms. The van der Waals surface area contributed by atoms with E-state index in [0.717, 1.165) is 11.6 Å². The highest BCUT2D eigenvalue weighted by Gasteiger charge is 2.10. The molecule has 3 nitrogen and oxygen atoms in total. The van der Waals surface area contributed by atoms with Crippen molar-refractivity contribution < 1.29 is 14.6 Å². The van der Waals surface area contributed by atoms with Crippen LogP contribution in [0.4, 0.5) is 0 Å². The third kappa shape index (κ3) is 3.15. The molecule has 0 radical (unpaired) electrons. The van der Waals surface area contributed by atoms with E-state index < -0.39 is 5.97 Å². The Morgan fingerprint density at radius 1 is 1.77 bits per heavy atom. The van der Waals surface area contributed by atoms with E-state index in [1.54, 1.807) is 12.3 Å². The Morgan fingerprint density at radius 2 is 2.54 bits per heavy atom. The van der Waals surface area contributed by atoms with E-state index in [-0.39, 0.29) is 6.10 Å². The summed E-state index contributed by atoms with van der Waals surface area (Å²) in [5.74, 6) is -0.923. The van der Waals surface area contributed by atoms with Crippen LogP contribution in [-0.2, 0) is 9.53 Å². The molecule has 0 aromatic carbocycles. The number of carbonyl (C=O) groups is 1. The Balaban J connectivity index is 2.42. The van der Waals surface area contributed by atoms with Crippen molar-refractivity contribution in [3.63, 3.8) is 0 Å². The summed E-state index contributed by atoms with van der Waals surface area (Å²) in [5.41, 5.74) is 1.11. The van der Waals surface area contributed by atoms with Gasteiger partial charge in [-0.1, -0.05) is 12.2 Å². The van der Waals surface area contributed by atoms with Crippen LogP contribution in [0.2, 0.25) is 0 Å². The van der Waals surface area contributed by atoms with Crippen LogP contribution >= 0.6 is 0 Å². The summed E-state index contributed by atoms with van der Waals surface area (Å²) in [6, 6.07) is 0. The van der Waals surface area contributed by atoms with Crippen LogP contribution in [0.5, 0.6) is 0 Å². The second-order valence-electron chi connectivity index (χ2n) is 2.84. The van der Waals surface area contributed by atoms with Gasteiger partial charge in [0.25, 0.3) is 0 Å². The van der Waals surface area contributed by atoms with E-state index in [4.69, 9.17) is 9.84 Å². The minimum absolute atomic E-state index is 0.0133. The van der Waals surface area contributed by atoms with Crippen molar-refractivity contribution in [3.05, 3.63) is 36.1 Å². The minimum Gasteiger partial charge on any atom is -0.493 e. The minimum atomic E-state index is -0.923. The van der Waals surface area contributed by atoms with E-state index in [2.05, 4.69) is 0 Å². The summed E-state index contributed by atoms with van der Waals surface area (Å²) in [7, 11) is 0. The predicted octanol–water partition coefficient (Wildman–Crippen LogP) is 1.88. The first kappa shape index (κ1) is 9.58. The zero-order chi connectivity index (χ0) is 9.68. The summed E-state index contributed by atoms with van der Waals surface area (Å²) in [4.78, 5) is 10.2. The van der Waals surface area contributed by atoms with Crippen molar-refractivity contribution in [1.82, 2.24) is 0 Å². The Labute approximate surface area is 77.0 Å². The molecule has 1 unspecified atom stereocenters. The van der Waals surface area contributed by atoms with Gasteiger partial charge in [0.1, 0.15) is 6.10 Å². The molecule has 0 aromatic rings. The van der Waals surface area contributed by atoms with Gasteiger partial charge in [0.05, 0.1) is 6.26 Å². The largest absolute Gasteiger partial charge is 0.493 e. The van der Waals surface area contributed by atoms with Crippen molar-refractivity contribution >= 4 is 5.97 Å². The average Bonchev–Trinajstić information content (AvgIpc) is 2.08. The van der Waals surface area contributed by atoms with Crippen LogP contribution in [-0.4, -0.2) is 17.2 Å². The highest BCUT2D eigenvalue weighted by Crippen LogP contribution is 2.15. The first-order chi connectivity index (χ1) is 6.20. The number of allylic oxidation sites excluding steroid dienone is 2. The monoisotopic (exact) mass is 180 g/mol. The van der Waals surface area contributed by atoms with Gasteiger partial charge in [-0.3, -0.25) is 0 Å². The molecule has 0 bridgehead atoms. The van der Waals surface area contributed by atoms with Crippen molar-refractivity contribution in [2.45, 2.75) is 19.4 Å². The molecule has 1 N–H and O–H groups in total. The van der Waals surface area contributed by atoms with E-state index in [1.807, 2.05) is 19.1 Å². The van der Waals surface area contributed by atoms with Crippen LogP contribution in [0.1, 0.15) is 13.3 Å². The van der Waals surface area contributed by atoms with Gasteiger partial charge >= 0.3 is 5.97 Å². The van der Waals surface area contributed by atoms with E-state index in [1.165, 1.54) is 0 Å². The quantitative estimate of drug-likeness (QED) is 0.674. The maximum Gasteiger partial charge on any atom is 0.327 e. The van der Waals surface area contributed by atoms with Gasteiger partial charge in [-0.2, -0.15) is 0 Å².